The third kappa shape index (κ3) is 4.11. The van der Waals surface area contributed by atoms with Gasteiger partial charge in [-0.15, -0.1) is 0 Å². The average Bonchev–Trinajstić information content (AvgIpc) is 2.42. The third-order valence-corrected chi connectivity index (χ3v) is 4.49. The van der Waals surface area contributed by atoms with E-state index in [4.69, 9.17) is 11.6 Å². The summed E-state index contributed by atoms with van der Waals surface area (Å²) in [5.74, 6) is 1.04. The van der Waals surface area contributed by atoms with Gasteiger partial charge in [0.15, 0.2) is 0 Å². The summed E-state index contributed by atoms with van der Waals surface area (Å²) in [5.41, 5.74) is 0.844. The minimum absolute atomic E-state index is 0.300. The molecule has 1 saturated heterocycles. The monoisotopic (exact) mass is 296 g/mol. The van der Waals surface area contributed by atoms with E-state index in [1.165, 1.54) is 12.8 Å². The average molecular weight is 297 g/mol. The molecule has 0 amide bonds. The summed E-state index contributed by atoms with van der Waals surface area (Å²) in [6.07, 6.45) is 2.47. The molecule has 1 fully saturated rings. The zero-order valence-electron chi connectivity index (χ0n) is 12.4. The van der Waals surface area contributed by atoms with Crippen LogP contribution in [0.3, 0.4) is 0 Å². The van der Waals surface area contributed by atoms with Gasteiger partial charge in [-0.3, -0.25) is 4.90 Å². The summed E-state index contributed by atoms with van der Waals surface area (Å²) in [7, 11) is 0. The summed E-state index contributed by atoms with van der Waals surface area (Å²) in [4.78, 5) is 2.41. The zero-order chi connectivity index (χ0) is 14.5. The maximum Gasteiger partial charge on any atom is 0.121 e. The van der Waals surface area contributed by atoms with Gasteiger partial charge in [-0.25, -0.2) is 0 Å². The topological polar surface area (TPSA) is 35.5 Å². The lowest BCUT2D eigenvalue weighted by atomic mass is 9.96. The van der Waals surface area contributed by atoms with Crippen molar-refractivity contribution in [1.29, 1.82) is 0 Å². The molecule has 1 aliphatic heterocycles. The largest absolute Gasteiger partial charge is 0.508 e. The summed E-state index contributed by atoms with van der Waals surface area (Å²) >= 11 is 6.22. The lowest BCUT2D eigenvalue weighted by Gasteiger charge is -2.33. The minimum Gasteiger partial charge on any atom is -0.508 e. The molecule has 0 spiro atoms. The second kappa shape index (κ2) is 7.30. The molecule has 1 heterocycles. The van der Waals surface area contributed by atoms with E-state index in [1.54, 1.807) is 12.1 Å². The highest BCUT2D eigenvalue weighted by atomic mass is 35.5. The van der Waals surface area contributed by atoms with Gasteiger partial charge in [-0.2, -0.15) is 0 Å². The quantitative estimate of drug-likeness (QED) is 0.875. The molecule has 0 unspecified atom stereocenters. The first-order valence-corrected chi connectivity index (χ1v) is 7.87. The van der Waals surface area contributed by atoms with Crippen LogP contribution in [0.4, 0.5) is 0 Å². The molecule has 0 radical (unpaired) electrons. The maximum absolute atomic E-state index is 10.0. The van der Waals surface area contributed by atoms with E-state index in [0.29, 0.717) is 23.4 Å². The number of aromatic hydroxyl groups is 1. The number of benzene rings is 1. The molecule has 0 atom stereocenters. The normalized spacial score (nSPS) is 17.1. The van der Waals surface area contributed by atoms with Crippen molar-refractivity contribution in [2.75, 3.05) is 19.6 Å². The van der Waals surface area contributed by atoms with Crippen LogP contribution in [0.1, 0.15) is 32.3 Å². The van der Waals surface area contributed by atoms with Gasteiger partial charge in [0.25, 0.3) is 0 Å². The molecule has 112 valence electrons. The number of rotatable bonds is 5. The number of phenols is 1. The number of nitrogens with zero attached hydrogens (tertiary/aromatic N) is 1. The summed E-state index contributed by atoms with van der Waals surface area (Å²) in [5, 5.41) is 14.1. The van der Waals surface area contributed by atoms with Gasteiger partial charge in [-0.1, -0.05) is 17.7 Å². The minimum atomic E-state index is 0.300. The predicted molar refractivity (Wildman–Crippen MR) is 84.3 cm³/mol. The van der Waals surface area contributed by atoms with Crippen molar-refractivity contribution >= 4 is 11.6 Å². The molecular formula is C16H25ClN2O. The van der Waals surface area contributed by atoms with Crippen LogP contribution < -0.4 is 5.32 Å². The van der Waals surface area contributed by atoms with Crippen molar-refractivity contribution in [3.8, 4) is 5.75 Å². The van der Waals surface area contributed by atoms with E-state index in [-0.39, 0.29) is 0 Å². The molecular weight excluding hydrogens is 272 g/mol. The smallest absolute Gasteiger partial charge is 0.121 e. The Morgan fingerprint density at radius 1 is 1.35 bits per heavy atom. The number of nitrogens with one attached hydrogen (secondary N) is 1. The Labute approximate surface area is 126 Å². The molecule has 4 heteroatoms. The van der Waals surface area contributed by atoms with Crippen molar-refractivity contribution in [2.45, 2.75) is 39.3 Å². The first-order chi connectivity index (χ1) is 9.58. The Hall–Kier alpha value is -0.770. The Morgan fingerprint density at radius 3 is 2.65 bits per heavy atom. The second-order valence-corrected chi connectivity index (χ2v) is 6.36. The SMILES string of the molecule is CC(C)N(Cc1c(O)cccc1Cl)CC1CCNCC1. The van der Waals surface area contributed by atoms with E-state index in [0.717, 1.165) is 31.1 Å². The van der Waals surface area contributed by atoms with Crippen molar-refractivity contribution in [2.24, 2.45) is 5.92 Å². The highest BCUT2D eigenvalue weighted by Crippen LogP contribution is 2.28. The summed E-state index contributed by atoms with van der Waals surface area (Å²) < 4.78 is 0. The van der Waals surface area contributed by atoms with Crippen molar-refractivity contribution in [3.63, 3.8) is 0 Å². The predicted octanol–water partition coefficient (Wildman–Crippen LogP) is 3.26. The second-order valence-electron chi connectivity index (χ2n) is 5.95. The Bertz CT molecular complexity index is 410. The van der Waals surface area contributed by atoms with E-state index in [2.05, 4.69) is 24.1 Å². The van der Waals surface area contributed by atoms with Gasteiger partial charge >= 0.3 is 0 Å². The van der Waals surface area contributed by atoms with Gasteiger partial charge < -0.3 is 10.4 Å². The lowest BCUT2D eigenvalue weighted by molar-refractivity contribution is 0.160. The molecule has 2 N–H and O–H groups in total. The maximum atomic E-state index is 10.0. The molecule has 3 nitrogen and oxygen atoms in total. The van der Waals surface area contributed by atoms with Crippen LogP contribution in [-0.2, 0) is 6.54 Å². The first-order valence-electron chi connectivity index (χ1n) is 7.49. The van der Waals surface area contributed by atoms with Crippen LogP contribution in [0.25, 0.3) is 0 Å². The highest BCUT2D eigenvalue weighted by Gasteiger charge is 2.20. The van der Waals surface area contributed by atoms with Crippen molar-refractivity contribution < 1.29 is 5.11 Å². The van der Waals surface area contributed by atoms with E-state index in [9.17, 15) is 5.11 Å². The molecule has 1 aromatic carbocycles. The standard InChI is InChI=1S/C16H25ClN2O/c1-12(2)19(10-13-6-8-18-9-7-13)11-14-15(17)4-3-5-16(14)20/h3-5,12-13,18,20H,6-11H2,1-2H3. The molecule has 0 aromatic heterocycles. The Kier molecular flexibility index (Phi) is 5.70. The molecule has 0 saturated carbocycles. The lowest BCUT2D eigenvalue weighted by Crippen LogP contribution is -2.39. The van der Waals surface area contributed by atoms with Gasteiger partial charge in [0, 0.05) is 29.7 Å². The molecule has 1 aliphatic rings. The van der Waals surface area contributed by atoms with Gasteiger partial charge in [0.1, 0.15) is 5.75 Å². The van der Waals surface area contributed by atoms with E-state index in [1.807, 2.05) is 6.07 Å². The number of hydrogen-bond acceptors (Lipinski definition) is 3. The van der Waals surface area contributed by atoms with Crippen LogP contribution in [0.5, 0.6) is 5.75 Å². The van der Waals surface area contributed by atoms with Crippen molar-refractivity contribution in [1.82, 2.24) is 10.2 Å². The zero-order valence-corrected chi connectivity index (χ0v) is 13.2. The van der Waals surface area contributed by atoms with Crippen LogP contribution in [-0.4, -0.2) is 35.7 Å². The first kappa shape index (κ1) is 15.6. The number of hydrogen-bond donors (Lipinski definition) is 2. The molecule has 1 aromatic rings. The van der Waals surface area contributed by atoms with Crippen molar-refractivity contribution in [3.05, 3.63) is 28.8 Å². The number of phenolic OH excluding ortho intramolecular Hbond substituents is 1. The summed E-state index contributed by atoms with van der Waals surface area (Å²) in [6, 6.07) is 5.79. The molecule has 0 aliphatic carbocycles. The molecule has 0 bridgehead atoms. The molecule has 20 heavy (non-hydrogen) atoms. The summed E-state index contributed by atoms with van der Waals surface area (Å²) in [6.45, 7) is 8.43. The Morgan fingerprint density at radius 2 is 2.05 bits per heavy atom. The fourth-order valence-corrected chi connectivity index (χ4v) is 2.99. The van der Waals surface area contributed by atoms with Gasteiger partial charge in [-0.05, 0) is 57.8 Å². The third-order valence-electron chi connectivity index (χ3n) is 4.14. The number of halogens is 1. The van der Waals surface area contributed by atoms with Crippen LogP contribution >= 0.6 is 11.6 Å². The Balaban J connectivity index is 2.05. The fourth-order valence-electron chi connectivity index (χ4n) is 2.76. The molecule has 2 rings (SSSR count). The van der Waals surface area contributed by atoms with Crippen LogP contribution in [0.2, 0.25) is 5.02 Å². The number of piperidine rings is 1. The highest BCUT2D eigenvalue weighted by molar-refractivity contribution is 6.31. The van der Waals surface area contributed by atoms with Crippen LogP contribution in [0.15, 0.2) is 18.2 Å². The fraction of sp³-hybridized carbons (Fsp3) is 0.625. The van der Waals surface area contributed by atoms with Gasteiger partial charge in [0.2, 0.25) is 0 Å². The van der Waals surface area contributed by atoms with E-state index < -0.39 is 0 Å². The van der Waals surface area contributed by atoms with E-state index >= 15 is 0 Å². The van der Waals surface area contributed by atoms with Crippen LogP contribution in [0, 0.1) is 5.92 Å². The van der Waals surface area contributed by atoms with Gasteiger partial charge in [0.05, 0.1) is 0 Å².